The van der Waals surface area contributed by atoms with Crippen LogP contribution in [0.2, 0.25) is 10.0 Å². The molecule has 5 nitrogen and oxygen atoms in total. The Labute approximate surface area is 128 Å². The molecule has 1 heterocycles. The summed E-state index contributed by atoms with van der Waals surface area (Å²) in [4.78, 5) is 0.0111. The van der Waals surface area contributed by atoms with Crippen molar-refractivity contribution in [3.63, 3.8) is 0 Å². The van der Waals surface area contributed by atoms with Crippen LogP contribution in [0.5, 0.6) is 0 Å². The van der Waals surface area contributed by atoms with Crippen LogP contribution in [-0.4, -0.2) is 44.6 Å². The highest BCUT2D eigenvalue weighted by molar-refractivity contribution is 7.89. The van der Waals surface area contributed by atoms with Crippen molar-refractivity contribution in [1.82, 2.24) is 4.31 Å². The lowest BCUT2D eigenvalue weighted by molar-refractivity contribution is -0.0120. The molecule has 1 fully saturated rings. The Hall–Kier alpha value is -0.370. The smallest absolute Gasteiger partial charge is 0.244 e. The Morgan fingerprint density at radius 2 is 2.15 bits per heavy atom. The number of rotatable bonds is 3. The molecule has 0 saturated carbocycles. The average Bonchev–Trinajstić information content (AvgIpc) is 2.41. The van der Waals surface area contributed by atoms with E-state index in [0.29, 0.717) is 6.61 Å². The average molecular weight is 339 g/mol. The normalized spacial score (nSPS) is 22.7. The molecule has 0 radical (unpaired) electrons. The molecule has 2 rings (SSSR count). The fraction of sp³-hybridized carbons (Fsp3) is 0.500. The summed E-state index contributed by atoms with van der Waals surface area (Å²) in [5, 5.41) is 0.253. The second-order valence-electron chi connectivity index (χ2n) is 4.68. The molecule has 2 unspecified atom stereocenters. The fourth-order valence-electron chi connectivity index (χ4n) is 2.01. The van der Waals surface area contributed by atoms with Crippen molar-refractivity contribution >= 4 is 33.2 Å². The third-order valence-electron chi connectivity index (χ3n) is 3.18. The van der Waals surface area contributed by atoms with Gasteiger partial charge >= 0.3 is 0 Å². The zero-order valence-electron chi connectivity index (χ0n) is 10.9. The van der Waals surface area contributed by atoms with E-state index in [-0.39, 0.29) is 40.2 Å². The second kappa shape index (κ2) is 6.17. The molecule has 1 aromatic rings. The van der Waals surface area contributed by atoms with Gasteiger partial charge in [-0.2, -0.15) is 4.31 Å². The van der Waals surface area contributed by atoms with Gasteiger partial charge in [0.05, 0.1) is 22.8 Å². The van der Waals surface area contributed by atoms with Crippen LogP contribution in [0.1, 0.15) is 6.92 Å². The van der Waals surface area contributed by atoms with Crippen LogP contribution in [0.15, 0.2) is 23.1 Å². The number of halogens is 2. The minimum absolute atomic E-state index is 0.0111. The molecule has 8 heteroatoms. The molecule has 0 spiro atoms. The molecule has 1 aromatic carbocycles. The van der Waals surface area contributed by atoms with E-state index in [1.807, 2.05) is 0 Å². The summed E-state index contributed by atoms with van der Waals surface area (Å²) in [7, 11) is -3.70. The van der Waals surface area contributed by atoms with Crippen molar-refractivity contribution in [1.29, 1.82) is 0 Å². The summed E-state index contributed by atoms with van der Waals surface area (Å²) < 4.78 is 32.0. The number of sulfonamides is 1. The molecule has 1 aliphatic heterocycles. The molecular weight excluding hydrogens is 323 g/mol. The van der Waals surface area contributed by atoms with E-state index in [2.05, 4.69) is 0 Å². The monoisotopic (exact) mass is 338 g/mol. The third kappa shape index (κ3) is 3.10. The van der Waals surface area contributed by atoms with E-state index >= 15 is 0 Å². The highest BCUT2D eigenvalue weighted by Crippen LogP contribution is 2.31. The van der Waals surface area contributed by atoms with Crippen LogP contribution in [0, 0.1) is 0 Å². The van der Waals surface area contributed by atoms with Gasteiger partial charge in [0.25, 0.3) is 0 Å². The van der Waals surface area contributed by atoms with Gasteiger partial charge in [-0.3, -0.25) is 0 Å². The quantitative estimate of drug-likeness (QED) is 0.910. The van der Waals surface area contributed by atoms with Crippen LogP contribution in [0.3, 0.4) is 0 Å². The maximum Gasteiger partial charge on any atom is 0.244 e. The zero-order valence-corrected chi connectivity index (χ0v) is 13.2. The SMILES string of the molecule is CC(N)C1CN(S(=O)(=O)c2cccc(Cl)c2Cl)CCO1. The molecule has 1 aliphatic rings. The van der Waals surface area contributed by atoms with E-state index < -0.39 is 10.0 Å². The molecule has 2 atom stereocenters. The summed E-state index contributed by atoms with van der Waals surface area (Å²) in [6.45, 7) is 2.58. The van der Waals surface area contributed by atoms with Crippen molar-refractivity contribution in [3.05, 3.63) is 28.2 Å². The molecule has 20 heavy (non-hydrogen) atoms. The summed E-state index contributed by atoms with van der Waals surface area (Å²) in [6, 6.07) is 4.31. The van der Waals surface area contributed by atoms with E-state index in [4.69, 9.17) is 33.7 Å². The van der Waals surface area contributed by atoms with E-state index in [1.165, 1.54) is 10.4 Å². The summed E-state index contributed by atoms with van der Waals surface area (Å²) in [5.41, 5.74) is 5.77. The summed E-state index contributed by atoms with van der Waals surface area (Å²) in [5.74, 6) is 0. The first kappa shape index (κ1) is 16.0. The van der Waals surface area contributed by atoms with Crippen molar-refractivity contribution in [2.24, 2.45) is 5.73 Å². The van der Waals surface area contributed by atoms with E-state index in [1.54, 1.807) is 19.1 Å². The van der Waals surface area contributed by atoms with E-state index in [0.717, 1.165) is 0 Å². The number of nitrogens with zero attached hydrogens (tertiary/aromatic N) is 1. The number of nitrogens with two attached hydrogens (primary N) is 1. The second-order valence-corrected chi connectivity index (χ2v) is 7.37. The highest BCUT2D eigenvalue weighted by atomic mass is 35.5. The maximum atomic E-state index is 12.6. The molecule has 0 aliphatic carbocycles. The van der Waals surface area contributed by atoms with Crippen LogP contribution in [0.4, 0.5) is 0 Å². The Balaban J connectivity index is 2.33. The van der Waals surface area contributed by atoms with Gasteiger partial charge in [-0.05, 0) is 19.1 Å². The summed E-state index contributed by atoms with van der Waals surface area (Å²) in [6.07, 6.45) is -0.323. The molecule has 1 saturated heterocycles. The molecule has 0 bridgehead atoms. The van der Waals surface area contributed by atoms with Gasteiger partial charge < -0.3 is 10.5 Å². The number of hydrogen-bond acceptors (Lipinski definition) is 4. The molecular formula is C12H16Cl2N2O3S. The van der Waals surface area contributed by atoms with Gasteiger partial charge in [0.15, 0.2) is 0 Å². The number of benzene rings is 1. The summed E-state index contributed by atoms with van der Waals surface area (Å²) >= 11 is 11.9. The third-order valence-corrected chi connectivity index (χ3v) is 6.02. The maximum absolute atomic E-state index is 12.6. The lowest BCUT2D eigenvalue weighted by Gasteiger charge is -2.34. The lowest BCUT2D eigenvalue weighted by atomic mass is 10.2. The van der Waals surface area contributed by atoms with Crippen molar-refractivity contribution < 1.29 is 13.2 Å². The Morgan fingerprint density at radius 1 is 1.45 bits per heavy atom. The van der Waals surface area contributed by atoms with E-state index in [9.17, 15) is 8.42 Å². The first-order valence-electron chi connectivity index (χ1n) is 6.15. The largest absolute Gasteiger partial charge is 0.374 e. The van der Waals surface area contributed by atoms with Gasteiger partial charge in [0.2, 0.25) is 10.0 Å². The van der Waals surface area contributed by atoms with Gasteiger partial charge in [-0.15, -0.1) is 0 Å². The number of hydrogen-bond donors (Lipinski definition) is 1. The number of morpholine rings is 1. The Kier molecular flexibility index (Phi) is 4.94. The first-order chi connectivity index (χ1) is 9.34. The Bertz CT molecular complexity index is 592. The molecule has 2 N–H and O–H groups in total. The van der Waals surface area contributed by atoms with Crippen molar-refractivity contribution in [3.8, 4) is 0 Å². The topological polar surface area (TPSA) is 72.6 Å². The first-order valence-corrected chi connectivity index (χ1v) is 8.35. The van der Waals surface area contributed by atoms with Gasteiger partial charge in [-0.25, -0.2) is 8.42 Å². The van der Waals surface area contributed by atoms with Gasteiger partial charge in [-0.1, -0.05) is 29.3 Å². The van der Waals surface area contributed by atoms with Crippen LogP contribution in [0.25, 0.3) is 0 Å². The predicted octanol–water partition coefficient (Wildman–Crippen LogP) is 1.73. The van der Waals surface area contributed by atoms with Crippen LogP contribution >= 0.6 is 23.2 Å². The molecule has 0 amide bonds. The zero-order chi connectivity index (χ0) is 14.9. The lowest BCUT2D eigenvalue weighted by Crippen LogP contribution is -2.51. The van der Waals surface area contributed by atoms with Crippen molar-refractivity contribution in [2.75, 3.05) is 19.7 Å². The van der Waals surface area contributed by atoms with Crippen LogP contribution in [-0.2, 0) is 14.8 Å². The van der Waals surface area contributed by atoms with Crippen LogP contribution < -0.4 is 5.73 Å². The Morgan fingerprint density at radius 3 is 2.80 bits per heavy atom. The van der Waals surface area contributed by atoms with Gasteiger partial charge in [0, 0.05) is 19.1 Å². The fourth-order valence-corrected chi connectivity index (χ4v) is 4.18. The number of ether oxygens (including phenoxy) is 1. The molecule has 0 aromatic heterocycles. The molecule has 112 valence electrons. The van der Waals surface area contributed by atoms with Crippen molar-refractivity contribution in [2.45, 2.75) is 24.0 Å². The standard InChI is InChI=1S/C12H16Cl2N2O3S/c1-8(15)10-7-16(5-6-19-10)20(17,18)11-4-2-3-9(13)12(11)14/h2-4,8,10H,5-7,15H2,1H3. The minimum atomic E-state index is -3.70. The highest BCUT2D eigenvalue weighted by Gasteiger charge is 2.33. The van der Waals surface area contributed by atoms with Gasteiger partial charge in [0.1, 0.15) is 4.90 Å². The predicted molar refractivity (Wildman–Crippen MR) is 78.6 cm³/mol. The minimum Gasteiger partial charge on any atom is -0.374 e.